The van der Waals surface area contributed by atoms with Crippen molar-refractivity contribution in [2.75, 3.05) is 13.1 Å². The molecule has 1 aliphatic heterocycles. The summed E-state index contributed by atoms with van der Waals surface area (Å²) in [7, 11) is 0. The standard InChI is InChI=1S/C12H13FN2O2/c1-8-11(16)14-5-6-15(8)12(17)9-3-2-4-10(13)7-9/h2-4,7-8H,5-6H2,1H3,(H,14,16). The summed E-state index contributed by atoms with van der Waals surface area (Å²) in [5.41, 5.74) is 0.270. The highest BCUT2D eigenvalue weighted by Crippen LogP contribution is 2.12. The fourth-order valence-corrected chi connectivity index (χ4v) is 1.85. The Hall–Kier alpha value is -1.91. The molecule has 1 N–H and O–H groups in total. The molecule has 0 aliphatic carbocycles. The zero-order valence-electron chi connectivity index (χ0n) is 9.44. The van der Waals surface area contributed by atoms with Crippen molar-refractivity contribution < 1.29 is 14.0 Å². The summed E-state index contributed by atoms with van der Waals surface area (Å²) >= 11 is 0. The highest BCUT2D eigenvalue weighted by atomic mass is 19.1. The first-order chi connectivity index (χ1) is 8.09. The zero-order valence-corrected chi connectivity index (χ0v) is 9.44. The number of benzene rings is 1. The maximum atomic E-state index is 13.0. The van der Waals surface area contributed by atoms with Gasteiger partial charge in [0.25, 0.3) is 5.91 Å². The van der Waals surface area contributed by atoms with Crippen LogP contribution in [0, 0.1) is 5.82 Å². The lowest BCUT2D eigenvalue weighted by Gasteiger charge is -2.32. The Kier molecular flexibility index (Phi) is 3.08. The molecule has 2 rings (SSSR count). The van der Waals surface area contributed by atoms with Crippen LogP contribution in [0.25, 0.3) is 0 Å². The maximum Gasteiger partial charge on any atom is 0.254 e. The number of hydrogen-bond acceptors (Lipinski definition) is 2. The van der Waals surface area contributed by atoms with Crippen molar-refractivity contribution in [2.45, 2.75) is 13.0 Å². The van der Waals surface area contributed by atoms with Crippen molar-refractivity contribution in [3.8, 4) is 0 Å². The van der Waals surface area contributed by atoms with Crippen LogP contribution in [0.15, 0.2) is 24.3 Å². The van der Waals surface area contributed by atoms with Gasteiger partial charge in [0.05, 0.1) is 0 Å². The largest absolute Gasteiger partial charge is 0.353 e. The van der Waals surface area contributed by atoms with Crippen LogP contribution in [0.5, 0.6) is 0 Å². The van der Waals surface area contributed by atoms with Crippen LogP contribution < -0.4 is 5.32 Å². The molecule has 1 saturated heterocycles. The van der Waals surface area contributed by atoms with Crippen LogP contribution in [-0.4, -0.2) is 35.8 Å². The van der Waals surface area contributed by atoms with Crippen LogP contribution in [0.4, 0.5) is 4.39 Å². The second-order valence-electron chi connectivity index (χ2n) is 3.98. The number of piperazine rings is 1. The molecule has 1 unspecified atom stereocenters. The van der Waals surface area contributed by atoms with Crippen LogP contribution >= 0.6 is 0 Å². The molecule has 17 heavy (non-hydrogen) atoms. The van der Waals surface area contributed by atoms with E-state index in [1.807, 2.05) is 0 Å². The lowest BCUT2D eigenvalue weighted by Crippen LogP contribution is -2.55. The Morgan fingerprint density at radius 1 is 1.53 bits per heavy atom. The van der Waals surface area contributed by atoms with Gasteiger partial charge in [-0.05, 0) is 25.1 Å². The van der Waals surface area contributed by atoms with Gasteiger partial charge in [0.15, 0.2) is 0 Å². The van der Waals surface area contributed by atoms with Crippen LogP contribution in [0.2, 0.25) is 0 Å². The van der Waals surface area contributed by atoms with E-state index in [1.165, 1.54) is 23.1 Å². The van der Waals surface area contributed by atoms with E-state index >= 15 is 0 Å². The van der Waals surface area contributed by atoms with Crippen molar-refractivity contribution in [1.29, 1.82) is 0 Å². The predicted octanol–water partition coefficient (Wildman–Crippen LogP) is 0.786. The zero-order chi connectivity index (χ0) is 12.4. The van der Waals surface area contributed by atoms with Gasteiger partial charge in [-0.25, -0.2) is 4.39 Å². The summed E-state index contributed by atoms with van der Waals surface area (Å²) in [6.07, 6.45) is 0. The fourth-order valence-electron chi connectivity index (χ4n) is 1.85. The van der Waals surface area contributed by atoms with E-state index in [1.54, 1.807) is 13.0 Å². The van der Waals surface area contributed by atoms with Crippen molar-refractivity contribution in [3.63, 3.8) is 0 Å². The van der Waals surface area contributed by atoms with E-state index < -0.39 is 11.9 Å². The minimum absolute atomic E-state index is 0.180. The monoisotopic (exact) mass is 236 g/mol. The Morgan fingerprint density at radius 3 is 3.00 bits per heavy atom. The number of amides is 2. The van der Waals surface area contributed by atoms with Gasteiger partial charge >= 0.3 is 0 Å². The molecule has 0 spiro atoms. The van der Waals surface area contributed by atoms with E-state index in [9.17, 15) is 14.0 Å². The average molecular weight is 236 g/mol. The summed E-state index contributed by atoms with van der Waals surface area (Å²) in [4.78, 5) is 25.0. The van der Waals surface area contributed by atoms with Gasteiger partial charge in [-0.1, -0.05) is 6.07 Å². The first-order valence-electron chi connectivity index (χ1n) is 5.44. The maximum absolute atomic E-state index is 13.0. The summed E-state index contributed by atoms with van der Waals surface area (Å²) in [6, 6.07) is 4.98. The first kappa shape index (κ1) is 11.6. The van der Waals surface area contributed by atoms with Gasteiger partial charge in [0.1, 0.15) is 11.9 Å². The van der Waals surface area contributed by atoms with Crippen molar-refractivity contribution >= 4 is 11.8 Å². The van der Waals surface area contributed by atoms with E-state index in [4.69, 9.17) is 0 Å². The van der Waals surface area contributed by atoms with Crippen molar-refractivity contribution in [1.82, 2.24) is 10.2 Å². The Morgan fingerprint density at radius 2 is 2.29 bits per heavy atom. The average Bonchev–Trinajstić information content (AvgIpc) is 2.32. The van der Waals surface area contributed by atoms with Gasteiger partial charge in [-0.3, -0.25) is 9.59 Å². The number of nitrogens with zero attached hydrogens (tertiary/aromatic N) is 1. The molecule has 1 fully saturated rings. The summed E-state index contributed by atoms with van der Waals surface area (Å²) in [6.45, 7) is 2.54. The van der Waals surface area contributed by atoms with E-state index in [0.717, 1.165) is 0 Å². The molecule has 0 aromatic heterocycles. The fraction of sp³-hybridized carbons (Fsp3) is 0.333. The number of carbonyl (C=O) groups is 2. The molecule has 90 valence electrons. The SMILES string of the molecule is CC1C(=O)NCCN1C(=O)c1cccc(F)c1. The smallest absolute Gasteiger partial charge is 0.254 e. The number of halogens is 1. The Labute approximate surface area is 98.4 Å². The summed E-state index contributed by atoms with van der Waals surface area (Å²) < 4.78 is 13.0. The van der Waals surface area contributed by atoms with E-state index in [-0.39, 0.29) is 17.4 Å². The normalized spacial score (nSPS) is 20.0. The third-order valence-electron chi connectivity index (χ3n) is 2.83. The molecule has 0 bridgehead atoms. The minimum Gasteiger partial charge on any atom is -0.353 e. The first-order valence-corrected chi connectivity index (χ1v) is 5.44. The van der Waals surface area contributed by atoms with Crippen LogP contribution in [-0.2, 0) is 4.79 Å². The minimum atomic E-state index is -0.514. The summed E-state index contributed by atoms with van der Waals surface area (Å²) in [5.74, 6) is -0.946. The lowest BCUT2D eigenvalue weighted by molar-refractivity contribution is -0.127. The van der Waals surface area contributed by atoms with Gasteiger partial charge in [0.2, 0.25) is 5.91 Å². The third-order valence-corrected chi connectivity index (χ3v) is 2.83. The van der Waals surface area contributed by atoms with Gasteiger partial charge < -0.3 is 10.2 Å². The van der Waals surface area contributed by atoms with E-state index in [2.05, 4.69) is 5.32 Å². The number of nitrogens with one attached hydrogen (secondary N) is 1. The highest BCUT2D eigenvalue weighted by Gasteiger charge is 2.29. The number of carbonyl (C=O) groups excluding carboxylic acids is 2. The molecule has 5 heteroatoms. The molecular weight excluding hydrogens is 223 g/mol. The molecule has 4 nitrogen and oxygen atoms in total. The van der Waals surface area contributed by atoms with Crippen LogP contribution in [0.1, 0.15) is 17.3 Å². The molecular formula is C12H13FN2O2. The third kappa shape index (κ3) is 2.27. The molecule has 1 heterocycles. The Bertz CT molecular complexity index is 462. The van der Waals surface area contributed by atoms with Crippen molar-refractivity contribution in [2.24, 2.45) is 0 Å². The lowest BCUT2D eigenvalue weighted by atomic mass is 10.1. The van der Waals surface area contributed by atoms with E-state index in [0.29, 0.717) is 13.1 Å². The molecule has 1 aliphatic rings. The second kappa shape index (κ2) is 4.53. The van der Waals surface area contributed by atoms with Gasteiger partial charge in [-0.15, -0.1) is 0 Å². The summed E-state index contributed by atoms with van der Waals surface area (Å²) in [5, 5.41) is 2.67. The number of rotatable bonds is 1. The van der Waals surface area contributed by atoms with Crippen LogP contribution in [0.3, 0.4) is 0 Å². The molecule has 1 aromatic rings. The quantitative estimate of drug-likeness (QED) is 0.783. The molecule has 1 atom stereocenters. The predicted molar refractivity (Wildman–Crippen MR) is 59.9 cm³/mol. The molecule has 0 radical (unpaired) electrons. The topological polar surface area (TPSA) is 49.4 Å². The molecule has 2 amide bonds. The molecule has 1 aromatic carbocycles. The second-order valence-corrected chi connectivity index (χ2v) is 3.98. The Balaban J connectivity index is 2.22. The van der Waals surface area contributed by atoms with Gasteiger partial charge in [0, 0.05) is 18.7 Å². The van der Waals surface area contributed by atoms with Gasteiger partial charge in [-0.2, -0.15) is 0 Å². The van der Waals surface area contributed by atoms with Crippen molar-refractivity contribution in [3.05, 3.63) is 35.6 Å². The molecule has 0 saturated carbocycles. The number of hydrogen-bond donors (Lipinski definition) is 1. The highest BCUT2D eigenvalue weighted by molar-refractivity contribution is 5.98.